The zero-order chi connectivity index (χ0) is 36.2. The molecule has 2 rings (SSSR count). The van der Waals surface area contributed by atoms with E-state index in [9.17, 15) is 24.6 Å². The van der Waals surface area contributed by atoms with Gasteiger partial charge in [0.05, 0.1) is 24.7 Å². The van der Waals surface area contributed by atoms with Crippen LogP contribution in [0.25, 0.3) is 0 Å². The molecule has 1 amide bonds. The highest BCUT2D eigenvalue weighted by Crippen LogP contribution is 2.39. The molecule has 2 aliphatic rings. The number of aliphatic hydroxyl groups excluding tert-OH is 1. The molecule has 0 saturated carbocycles. The van der Waals surface area contributed by atoms with E-state index in [1.54, 1.807) is 26.2 Å². The maximum absolute atomic E-state index is 12.8. The van der Waals surface area contributed by atoms with Crippen molar-refractivity contribution in [2.24, 2.45) is 17.8 Å². The molecule has 0 aliphatic carbocycles. The van der Waals surface area contributed by atoms with E-state index in [0.717, 1.165) is 12.0 Å². The van der Waals surface area contributed by atoms with Crippen LogP contribution in [0.4, 0.5) is 4.79 Å². The van der Waals surface area contributed by atoms with Gasteiger partial charge in [-0.15, -0.1) is 0 Å². The Morgan fingerprint density at radius 3 is 2.50 bits per heavy atom. The average molecular weight is 681 g/mol. The molecule has 2 heterocycles. The fraction of sp³-hybridized carbons (Fsp3) is 0.750. The van der Waals surface area contributed by atoms with Gasteiger partial charge in [0.2, 0.25) is 0 Å². The summed E-state index contributed by atoms with van der Waals surface area (Å²) in [5, 5.41) is 24.4. The Balaban J connectivity index is 2.29. The van der Waals surface area contributed by atoms with Gasteiger partial charge in [-0.1, -0.05) is 52.0 Å². The number of aliphatic hydroxyl groups is 2. The number of rotatable bonds is 14. The van der Waals surface area contributed by atoms with Crippen LogP contribution in [0.15, 0.2) is 36.0 Å². The molecule has 1 fully saturated rings. The summed E-state index contributed by atoms with van der Waals surface area (Å²) < 4.78 is 28.9. The summed E-state index contributed by atoms with van der Waals surface area (Å²) in [5.41, 5.74) is -0.721. The first-order valence-corrected chi connectivity index (χ1v) is 17.1. The van der Waals surface area contributed by atoms with E-state index < -0.39 is 48.0 Å². The number of amides is 1. The van der Waals surface area contributed by atoms with Crippen molar-refractivity contribution in [3.63, 3.8) is 0 Å². The lowest BCUT2D eigenvalue weighted by Gasteiger charge is -2.32. The average Bonchev–Trinajstić information content (AvgIpc) is 3.80. The SMILES string of the molecule is CCC(OC)C(C)C1OC1C(OC(=O)NCCN(C)C)C(C)/C=C/C=C(\C)C1OC(=O)CC(O)CCC(C)(O)C(OC(C)=O)/C=C/C1C. The highest BCUT2D eigenvalue weighted by Gasteiger charge is 2.52. The molecular formula is C36H60N2O10. The van der Waals surface area contributed by atoms with Gasteiger partial charge in [0, 0.05) is 44.9 Å². The van der Waals surface area contributed by atoms with Crippen LogP contribution in [0.1, 0.15) is 74.1 Å². The van der Waals surface area contributed by atoms with Gasteiger partial charge in [-0.3, -0.25) is 9.59 Å². The van der Waals surface area contributed by atoms with Crippen LogP contribution >= 0.6 is 0 Å². The summed E-state index contributed by atoms with van der Waals surface area (Å²) in [6, 6.07) is 0. The van der Waals surface area contributed by atoms with E-state index in [2.05, 4.69) is 19.2 Å². The molecule has 0 bridgehead atoms. The van der Waals surface area contributed by atoms with Crippen molar-refractivity contribution in [1.82, 2.24) is 10.2 Å². The van der Waals surface area contributed by atoms with Crippen molar-refractivity contribution in [3.8, 4) is 0 Å². The number of esters is 2. The third kappa shape index (κ3) is 13.3. The molecule has 2 aliphatic heterocycles. The molecule has 12 nitrogen and oxygen atoms in total. The Bertz CT molecular complexity index is 1130. The highest BCUT2D eigenvalue weighted by molar-refractivity contribution is 5.70. The van der Waals surface area contributed by atoms with Gasteiger partial charge >= 0.3 is 18.0 Å². The summed E-state index contributed by atoms with van der Waals surface area (Å²) in [5.74, 6) is -1.58. The second-order valence-corrected chi connectivity index (χ2v) is 13.8. The molecule has 0 aromatic rings. The normalized spacial score (nSPS) is 31.9. The molecule has 48 heavy (non-hydrogen) atoms. The summed E-state index contributed by atoms with van der Waals surface area (Å²) in [4.78, 5) is 39.4. The van der Waals surface area contributed by atoms with E-state index >= 15 is 0 Å². The number of ether oxygens (including phenoxy) is 5. The largest absolute Gasteiger partial charge is 0.457 e. The van der Waals surface area contributed by atoms with Crippen molar-refractivity contribution in [3.05, 3.63) is 36.0 Å². The summed E-state index contributed by atoms with van der Waals surface area (Å²) in [6.45, 7) is 13.7. The van der Waals surface area contributed by atoms with E-state index in [0.29, 0.717) is 13.1 Å². The summed E-state index contributed by atoms with van der Waals surface area (Å²) in [7, 11) is 5.54. The number of carbonyl (C=O) groups excluding carboxylic acids is 3. The van der Waals surface area contributed by atoms with Crippen LogP contribution in [-0.4, -0.2) is 116 Å². The van der Waals surface area contributed by atoms with Crippen molar-refractivity contribution >= 4 is 18.0 Å². The van der Waals surface area contributed by atoms with Gasteiger partial charge in [0.1, 0.15) is 30.0 Å². The van der Waals surface area contributed by atoms with Crippen LogP contribution < -0.4 is 5.32 Å². The van der Waals surface area contributed by atoms with Gasteiger partial charge in [-0.25, -0.2) is 4.79 Å². The van der Waals surface area contributed by atoms with Gasteiger partial charge in [-0.05, 0) is 58.9 Å². The molecule has 3 N–H and O–H groups in total. The number of methoxy groups -OCH3 is 1. The maximum Gasteiger partial charge on any atom is 0.407 e. The quantitative estimate of drug-likeness (QED) is 0.0803. The minimum atomic E-state index is -1.45. The molecule has 1 saturated heterocycles. The molecule has 274 valence electrons. The topological polar surface area (TPSA) is 156 Å². The predicted octanol–water partition coefficient (Wildman–Crippen LogP) is 3.94. The zero-order valence-electron chi connectivity index (χ0n) is 30.5. The van der Waals surface area contributed by atoms with E-state index in [-0.39, 0.29) is 55.3 Å². The van der Waals surface area contributed by atoms with E-state index in [1.807, 2.05) is 58.0 Å². The number of cyclic esters (lactones) is 1. The first-order valence-electron chi connectivity index (χ1n) is 17.1. The van der Waals surface area contributed by atoms with Crippen LogP contribution in [0.5, 0.6) is 0 Å². The minimum Gasteiger partial charge on any atom is -0.457 e. The molecule has 12 heteroatoms. The van der Waals surface area contributed by atoms with Gasteiger partial charge in [0.25, 0.3) is 0 Å². The Morgan fingerprint density at radius 2 is 1.90 bits per heavy atom. The Hall–Kier alpha value is -2.77. The van der Waals surface area contributed by atoms with Gasteiger partial charge < -0.3 is 44.1 Å². The van der Waals surface area contributed by atoms with Crippen LogP contribution in [-0.2, 0) is 33.3 Å². The molecule has 11 atom stereocenters. The number of allylic oxidation sites excluding steroid dienone is 2. The first kappa shape index (κ1) is 41.4. The lowest BCUT2D eigenvalue weighted by Crippen LogP contribution is -2.42. The number of alkyl carbamates (subject to hydrolysis) is 1. The van der Waals surface area contributed by atoms with E-state index in [1.165, 1.54) is 6.92 Å². The molecule has 0 aromatic heterocycles. The summed E-state index contributed by atoms with van der Waals surface area (Å²) in [6.07, 6.45) is 5.67. The number of nitrogens with one attached hydrogen (secondary N) is 1. The van der Waals surface area contributed by atoms with E-state index in [4.69, 9.17) is 23.7 Å². The molecule has 11 unspecified atom stereocenters. The number of likely N-dealkylation sites (N-methyl/N-ethyl adjacent to an activating group) is 1. The number of carbonyl (C=O) groups is 3. The lowest BCUT2D eigenvalue weighted by molar-refractivity contribution is -0.157. The third-order valence-electron chi connectivity index (χ3n) is 9.12. The number of nitrogens with zero attached hydrogens (tertiary/aromatic N) is 1. The monoisotopic (exact) mass is 680 g/mol. The van der Waals surface area contributed by atoms with Crippen LogP contribution in [0.2, 0.25) is 0 Å². The van der Waals surface area contributed by atoms with Crippen LogP contribution in [0.3, 0.4) is 0 Å². The molecular weight excluding hydrogens is 620 g/mol. The molecule has 0 aromatic carbocycles. The number of hydrogen-bond acceptors (Lipinski definition) is 11. The second kappa shape index (κ2) is 19.4. The molecule has 0 spiro atoms. The first-order chi connectivity index (χ1) is 22.5. The fourth-order valence-electron chi connectivity index (χ4n) is 6.03. The Kier molecular flexibility index (Phi) is 16.8. The fourth-order valence-corrected chi connectivity index (χ4v) is 6.03. The van der Waals surface area contributed by atoms with Gasteiger partial charge in [-0.2, -0.15) is 0 Å². The minimum absolute atomic E-state index is 0.0206. The maximum atomic E-state index is 12.8. The lowest BCUT2D eigenvalue weighted by atomic mass is 9.88. The van der Waals surface area contributed by atoms with Crippen molar-refractivity contribution < 1.29 is 48.3 Å². The Labute approximate surface area is 286 Å². The Morgan fingerprint density at radius 1 is 1.21 bits per heavy atom. The standard InChI is InChI=1S/C36H60N2O10/c1-11-28(44-10)25(5)33-34(47-33)32(48-35(42)37-19-20-38(8)9)23(3)14-12-13-22(2)31-24(4)15-16-29(45-26(6)39)36(7,43)18-17-27(40)21-30(41)46-31/h12-16,23-25,27-29,31-34,40,43H,11,17-21H2,1-10H3,(H,37,42)/b14-12+,16-15+,22-13+. The third-order valence-corrected chi connectivity index (χ3v) is 9.12. The highest BCUT2D eigenvalue weighted by atomic mass is 16.6. The van der Waals surface area contributed by atoms with Crippen LogP contribution in [0, 0.1) is 17.8 Å². The zero-order valence-corrected chi connectivity index (χ0v) is 30.5. The van der Waals surface area contributed by atoms with Crippen molar-refractivity contribution in [2.45, 2.75) is 122 Å². The summed E-state index contributed by atoms with van der Waals surface area (Å²) >= 11 is 0. The smallest absolute Gasteiger partial charge is 0.407 e. The van der Waals surface area contributed by atoms with Crippen molar-refractivity contribution in [1.29, 1.82) is 0 Å². The molecule has 0 radical (unpaired) electrons. The number of hydrogen-bond donors (Lipinski definition) is 3. The number of epoxide rings is 1. The second-order valence-electron chi connectivity index (χ2n) is 13.8. The predicted molar refractivity (Wildman–Crippen MR) is 182 cm³/mol. The van der Waals surface area contributed by atoms with Crippen molar-refractivity contribution in [2.75, 3.05) is 34.3 Å². The van der Waals surface area contributed by atoms with Gasteiger partial charge in [0.15, 0.2) is 0 Å².